The van der Waals surface area contributed by atoms with E-state index in [1.54, 1.807) is 7.11 Å². The molecule has 2 rings (SSSR count). The molecule has 0 N–H and O–H groups in total. The number of rotatable bonds is 7. The molecular formula is C18H32O3. The van der Waals surface area contributed by atoms with Crippen LogP contribution in [0.3, 0.4) is 0 Å². The van der Waals surface area contributed by atoms with Crippen LogP contribution < -0.4 is 0 Å². The molecule has 2 aliphatic rings. The van der Waals surface area contributed by atoms with E-state index in [9.17, 15) is 4.79 Å². The molecule has 2 unspecified atom stereocenters. The molecule has 1 saturated carbocycles. The largest absolute Gasteiger partial charge is 0.462 e. The lowest BCUT2D eigenvalue weighted by molar-refractivity contribution is -0.165. The fraction of sp³-hybridized carbons (Fsp3) is 0.944. The molecule has 0 radical (unpaired) electrons. The van der Waals surface area contributed by atoms with Crippen LogP contribution in [0, 0.1) is 11.8 Å². The molecule has 1 saturated heterocycles. The maximum absolute atomic E-state index is 12.2. The Hall–Kier alpha value is -0.570. The first-order chi connectivity index (χ1) is 10.2. The summed E-state index contributed by atoms with van der Waals surface area (Å²) in [6.45, 7) is 2.22. The minimum absolute atomic E-state index is 0.0802. The lowest BCUT2D eigenvalue weighted by atomic mass is 9.80. The van der Waals surface area contributed by atoms with Gasteiger partial charge in [-0.05, 0) is 50.9 Å². The molecule has 1 aliphatic heterocycles. The monoisotopic (exact) mass is 296 g/mol. The van der Waals surface area contributed by atoms with Gasteiger partial charge in [0.05, 0.1) is 12.0 Å². The predicted octanol–water partition coefficient (Wildman–Crippen LogP) is 4.48. The standard InChI is InChI=1S/C18H32O3/c1-3-4-5-6-7-15-10-13-17(21-18(15)19)14-8-11-16(20-2)12-9-14/h14-17H,3-13H2,1-2H3. The number of hydrogen-bond donors (Lipinski definition) is 0. The van der Waals surface area contributed by atoms with E-state index < -0.39 is 0 Å². The van der Waals surface area contributed by atoms with Gasteiger partial charge in [-0.2, -0.15) is 0 Å². The lowest BCUT2D eigenvalue weighted by Gasteiger charge is -2.36. The second-order valence-electron chi connectivity index (χ2n) is 6.87. The molecule has 2 atom stereocenters. The average molecular weight is 296 g/mol. The van der Waals surface area contributed by atoms with Crippen LogP contribution in [0.1, 0.15) is 77.6 Å². The highest BCUT2D eigenvalue weighted by molar-refractivity contribution is 5.73. The molecule has 3 heteroatoms. The average Bonchev–Trinajstić information content (AvgIpc) is 2.53. The third kappa shape index (κ3) is 4.98. The number of esters is 1. The molecule has 3 nitrogen and oxygen atoms in total. The van der Waals surface area contributed by atoms with Crippen molar-refractivity contribution in [2.45, 2.75) is 89.8 Å². The summed E-state index contributed by atoms with van der Waals surface area (Å²) in [5, 5.41) is 0. The quantitative estimate of drug-likeness (QED) is 0.513. The van der Waals surface area contributed by atoms with Crippen LogP contribution in [0.2, 0.25) is 0 Å². The Balaban J connectivity index is 1.69. The fourth-order valence-electron chi connectivity index (χ4n) is 3.90. The maximum atomic E-state index is 12.2. The molecule has 0 aromatic heterocycles. The molecule has 0 aromatic carbocycles. The van der Waals surface area contributed by atoms with Crippen LogP contribution in [0.4, 0.5) is 0 Å². The van der Waals surface area contributed by atoms with Gasteiger partial charge in [-0.3, -0.25) is 4.79 Å². The molecule has 0 bridgehead atoms. The van der Waals surface area contributed by atoms with Crippen LogP contribution in [0.15, 0.2) is 0 Å². The second-order valence-corrected chi connectivity index (χ2v) is 6.87. The van der Waals surface area contributed by atoms with Crippen molar-refractivity contribution in [3.8, 4) is 0 Å². The zero-order valence-electron chi connectivity index (χ0n) is 13.8. The summed E-state index contributed by atoms with van der Waals surface area (Å²) in [7, 11) is 1.80. The van der Waals surface area contributed by atoms with Crippen LogP contribution in [0.5, 0.6) is 0 Å². The predicted molar refractivity (Wildman–Crippen MR) is 84.1 cm³/mol. The molecule has 0 aromatic rings. The van der Waals surface area contributed by atoms with Crippen molar-refractivity contribution in [2.24, 2.45) is 11.8 Å². The van der Waals surface area contributed by atoms with Crippen LogP contribution in [-0.2, 0) is 14.3 Å². The van der Waals surface area contributed by atoms with Crippen LogP contribution in [-0.4, -0.2) is 25.3 Å². The van der Waals surface area contributed by atoms with E-state index in [2.05, 4.69) is 6.92 Å². The first-order valence-electron chi connectivity index (χ1n) is 8.97. The van der Waals surface area contributed by atoms with E-state index in [0.717, 1.165) is 44.9 Å². The van der Waals surface area contributed by atoms with Gasteiger partial charge in [0.2, 0.25) is 0 Å². The van der Waals surface area contributed by atoms with Crippen molar-refractivity contribution in [3.05, 3.63) is 0 Å². The molecule has 2 fully saturated rings. The summed E-state index contributed by atoms with van der Waals surface area (Å²) in [6.07, 6.45) is 13.3. The molecule has 21 heavy (non-hydrogen) atoms. The molecular weight excluding hydrogens is 264 g/mol. The molecule has 1 heterocycles. The lowest BCUT2D eigenvalue weighted by Crippen LogP contribution is -2.38. The number of carbonyl (C=O) groups is 1. The van der Waals surface area contributed by atoms with Gasteiger partial charge in [0.25, 0.3) is 0 Å². The second kappa shape index (κ2) is 8.77. The van der Waals surface area contributed by atoms with Gasteiger partial charge in [0.1, 0.15) is 6.10 Å². The Morgan fingerprint density at radius 3 is 2.43 bits per heavy atom. The number of hydrogen-bond acceptors (Lipinski definition) is 3. The first kappa shape index (κ1) is 16.8. The van der Waals surface area contributed by atoms with Gasteiger partial charge in [-0.1, -0.05) is 32.6 Å². The highest BCUT2D eigenvalue weighted by Crippen LogP contribution is 2.35. The number of ether oxygens (including phenoxy) is 2. The molecule has 122 valence electrons. The topological polar surface area (TPSA) is 35.5 Å². The Morgan fingerprint density at radius 1 is 1.05 bits per heavy atom. The van der Waals surface area contributed by atoms with E-state index in [-0.39, 0.29) is 18.0 Å². The highest BCUT2D eigenvalue weighted by Gasteiger charge is 2.35. The third-order valence-electron chi connectivity index (χ3n) is 5.38. The molecule has 1 aliphatic carbocycles. The fourth-order valence-corrected chi connectivity index (χ4v) is 3.90. The molecule has 0 spiro atoms. The number of carbonyl (C=O) groups excluding carboxylic acids is 1. The zero-order valence-corrected chi connectivity index (χ0v) is 13.8. The van der Waals surface area contributed by atoms with Crippen molar-refractivity contribution >= 4 is 5.97 Å². The van der Waals surface area contributed by atoms with Gasteiger partial charge >= 0.3 is 5.97 Å². The van der Waals surface area contributed by atoms with Crippen molar-refractivity contribution in [1.82, 2.24) is 0 Å². The van der Waals surface area contributed by atoms with Gasteiger partial charge in [0.15, 0.2) is 0 Å². The van der Waals surface area contributed by atoms with Gasteiger partial charge < -0.3 is 9.47 Å². The summed E-state index contributed by atoms with van der Waals surface area (Å²) >= 11 is 0. The van der Waals surface area contributed by atoms with Gasteiger partial charge in [0, 0.05) is 7.11 Å². The van der Waals surface area contributed by atoms with Crippen molar-refractivity contribution < 1.29 is 14.3 Å². The smallest absolute Gasteiger partial charge is 0.309 e. The highest BCUT2D eigenvalue weighted by atomic mass is 16.5. The Bertz CT molecular complexity index is 308. The van der Waals surface area contributed by atoms with E-state index in [1.165, 1.54) is 25.7 Å². The maximum Gasteiger partial charge on any atom is 0.309 e. The van der Waals surface area contributed by atoms with Crippen LogP contribution >= 0.6 is 0 Å². The van der Waals surface area contributed by atoms with Crippen molar-refractivity contribution in [3.63, 3.8) is 0 Å². The minimum atomic E-state index is 0.0802. The zero-order chi connectivity index (χ0) is 15.1. The van der Waals surface area contributed by atoms with Crippen LogP contribution in [0.25, 0.3) is 0 Å². The number of methoxy groups -OCH3 is 1. The normalized spacial score (nSPS) is 33.7. The summed E-state index contributed by atoms with van der Waals surface area (Å²) in [6, 6.07) is 0. The summed E-state index contributed by atoms with van der Waals surface area (Å²) in [5.74, 6) is 0.825. The molecule has 0 amide bonds. The summed E-state index contributed by atoms with van der Waals surface area (Å²) in [4.78, 5) is 12.2. The van der Waals surface area contributed by atoms with E-state index in [4.69, 9.17) is 9.47 Å². The first-order valence-corrected chi connectivity index (χ1v) is 8.97. The Kier molecular flexibility index (Phi) is 7.01. The van der Waals surface area contributed by atoms with Crippen molar-refractivity contribution in [2.75, 3.05) is 7.11 Å². The number of cyclic esters (lactones) is 1. The summed E-state index contributed by atoms with van der Waals surface area (Å²) < 4.78 is 11.2. The SMILES string of the molecule is CCCCCCC1CCC(C2CCC(OC)CC2)OC1=O. The van der Waals surface area contributed by atoms with Gasteiger partial charge in [-0.25, -0.2) is 0 Å². The number of unbranched alkanes of at least 4 members (excludes halogenated alkanes) is 3. The summed E-state index contributed by atoms with van der Waals surface area (Å²) in [5.41, 5.74) is 0. The Labute approximate surface area is 129 Å². The minimum Gasteiger partial charge on any atom is -0.462 e. The Morgan fingerprint density at radius 2 is 1.81 bits per heavy atom. The third-order valence-corrected chi connectivity index (χ3v) is 5.38. The van der Waals surface area contributed by atoms with E-state index >= 15 is 0 Å². The van der Waals surface area contributed by atoms with Gasteiger partial charge in [-0.15, -0.1) is 0 Å². The van der Waals surface area contributed by atoms with E-state index in [0.29, 0.717) is 12.0 Å². The van der Waals surface area contributed by atoms with E-state index in [1.807, 2.05) is 0 Å². The van der Waals surface area contributed by atoms with Crippen molar-refractivity contribution in [1.29, 1.82) is 0 Å².